The number of hydrogen-bond donors (Lipinski definition) is 1. The van der Waals surface area contributed by atoms with Crippen LogP contribution in [0, 0.1) is 0 Å². The van der Waals surface area contributed by atoms with Crippen molar-refractivity contribution in [2.45, 2.75) is 19.8 Å². The standard InChI is InChI=1S/C13H13BrN2O2/c1-2-3-12-11(13(17)18)8-15-16(12)10-6-4-9(14)5-7-10/h4-8H,2-3H2,1H3,(H,17,18). The van der Waals surface area contributed by atoms with Crippen LogP contribution in [-0.4, -0.2) is 20.9 Å². The number of rotatable bonds is 4. The maximum atomic E-state index is 11.1. The lowest BCUT2D eigenvalue weighted by Crippen LogP contribution is -2.06. The predicted molar refractivity (Wildman–Crippen MR) is 72.2 cm³/mol. The van der Waals surface area contributed by atoms with Crippen LogP contribution in [0.15, 0.2) is 34.9 Å². The van der Waals surface area contributed by atoms with E-state index < -0.39 is 5.97 Å². The lowest BCUT2D eigenvalue weighted by Gasteiger charge is -2.07. The molecule has 1 aromatic carbocycles. The van der Waals surface area contributed by atoms with Crippen molar-refractivity contribution in [3.63, 3.8) is 0 Å². The van der Waals surface area contributed by atoms with Crippen LogP contribution in [-0.2, 0) is 6.42 Å². The number of nitrogens with zero attached hydrogens (tertiary/aromatic N) is 2. The number of aromatic carboxylic acids is 1. The summed E-state index contributed by atoms with van der Waals surface area (Å²) >= 11 is 3.37. The molecule has 5 heteroatoms. The van der Waals surface area contributed by atoms with Gasteiger partial charge in [0.25, 0.3) is 0 Å². The zero-order valence-corrected chi connectivity index (χ0v) is 11.5. The summed E-state index contributed by atoms with van der Waals surface area (Å²) in [7, 11) is 0. The summed E-state index contributed by atoms with van der Waals surface area (Å²) in [5.41, 5.74) is 1.89. The summed E-state index contributed by atoms with van der Waals surface area (Å²) in [6, 6.07) is 7.63. The molecule has 0 atom stereocenters. The van der Waals surface area contributed by atoms with Crippen LogP contribution in [0.4, 0.5) is 0 Å². The van der Waals surface area contributed by atoms with Crippen molar-refractivity contribution in [3.05, 3.63) is 46.2 Å². The van der Waals surface area contributed by atoms with Crippen LogP contribution >= 0.6 is 15.9 Å². The molecule has 1 aromatic heterocycles. The summed E-state index contributed by atoms with van der Waals surface area (Å²) in [4.78, 5) is 11.1. The third kappa shape index (κ3) is 2.46. The minimum absolute atomic E-state index is 0.278. The number of hydrogen-bond acceptors (Lipinski definition) is 2. The number of carbonyl (C=O) groups is 1. The molecule has 94 valence electrons. The van der Waals surface area contributed by atoms with E-state index >= 15 is 0 Å². The zero-order valence-electron chi connectivity index (χ0n) is 9.93. The SMILES string of the molecule is CCCc1c(C(=O)O)cnn1-c1ccc(Br)cc1. The van der Waals surface area contributed by atoms with Gasteiger partial charge >= 0.3 is 5.97 Å². The Balaban J connectivity index is 2.50. The van der Waals surface area contributed by atoms with E-state index in [2.05, 4.69) is 21.0 Å². The van der Waals surface area contributed by atoms with E-state index in [1.807, 2.05) is 31.2 Å². The molecule has 2 aromatic rings. The fourth-order valence-electron chi connectivity index (χ4n) is 1.83. The van der Waals surface area contributed by atoms with Crippen molar-refractivity contribution in [1.82, 2.24) is 9.78 Å². The van der Waals surface area contributed by atoms with Gasteiger partial charge in [-0.25, -0.2) is 9.48 Å². The van der Waals surface area contributed by atoms with Gasteiger partial charge < -0.3 is 5.11 Å². The van der Waals surface area contributed by atoms with Crippen LogP contribution in [0.3, 0.4) is 0 Å². The van der Waals surface area contributed by atoms with Crippen molar-refractivity contribution < 1.29 is 9.90 Å². The average Bonchev–Trinajstić information content (AvgIpc) is 2.74. The molecule has 4 nitrogen and oxygen atoms in total. The largest absolute Gasteiger partial charge is 0.478 e. The first-order chi connectivity index (χ1) is 8.63. The van der Waals surface area contributed by atoms with Gasteiger partial charge in [-0.2, -0.15) is 5.10 Å². The van der Waals surface area contributed by atoms with E-state index in [9.17, 15) is 4.79 Å². The van der Waals surface area contributed by atoms with Crippen LogP contribution < -0.4 is 0 Å². The van der Waals surface area contributed by atoms with Crippen LogP contribution in [0.1, 0.15) is 29.4 Å². The van der Waals surface area contributed by atoms with Gasteiger partial charge in [0.2, 0.25) is 0 Å². The molecule has 0 fully saturated rings. The molecule has 0 unspecified atom stereocenters. The molecule has 0 saturated heterocycles. The van der Waals surface area contributed by atoms with Crippen molar-refractivity contribution >= 4 is 21.9 Å². The molecule has 0 aliphatic heterocycles. The quantitative estimate of drug-likeness (QED) is 0.943. The molecule has 0 aliphatic rings. The molecule has 1 heterocycles. The van der Waals surface area contributed by atoms with Gasteiger partial charge in [-0.1, -0.05) is 29.3 Å². The monoisotopic (exact) mass is 308 g/mol. The fraction of sp³-hybridized carbons (Fsp3) is 0.231. The number of halogens is 1. The molecule has 2 rings (SSSR count). The summed E-state index contributed by atoms with van der Waals surface area (Å²) in [5, 5.41) is 13.3. The van der Waals surface area contributed by atoms with Crippen molar-refractivity contribution in [2.75, 3.05) is 0 Å². The molecule has 0 bridgehead atoms. The molecule has 0 saturated carbocycles. The number of carboxylic acid groups (broad SMARTS) is 1. The van der Waals surface area contributed by atoms with Crippen molar-refractivity contribution in [1.29, 1.82) is 0 Å². The molecule has 1 N–H and O–H groups in total. The highest BCUT2D eigenvalue weighted by atomic mass is 79.9. The van der Waals surface area contributed by atoms with Gasteiger partial charge in [-0.05, 0) is 30.7 Å². The van der Waals surface area contributed by atoms with E-state index in [0.29, 0.717) is 6.42 Å². The molecule has 18 heavy (non-hydrogen) atoms. The smallest absolute Gasteiger partial charge is 0.339 e. The Bertz CT molecular complexity index is 561. The van der Waals surface area contributed by atoms with E-state index in [1.54, 1.807) is 4.68 Å². The summed E-state index contributed by atoms with van der Waals surface area (Å²) < 4.78 is 2.67. The lowest BCUT2D eigenvalue weighted by atomic mass is 10.1. The van der Waals surface area contributed by atoms with Gasteiger partial charge in [-0.3, -0.25) is 0 Å². The Morgan fingerprint density at radius 3 is 2.61 bits per heavy atom. The molecular formula is C13H13BrN2O2. The molecular weight excluding hydrogens is 296 g/mol. The second kappa shape index (κ2) is 5.35. The minimum Gasteiger partial charge on any atom is -0.478 e. The Kier molecular flexibility index (Phi) is 3.81. The van der Waals surface area contributed by atoms with Gasteiger partial charge in [0, 0.05) is 4.47 Å². The number of aromatic nitrogens is 2. The Labute approximate surface area is 113 Å². The topological polar surface area (TPSA) is 55.1 Å². The summed E-state index contributed by atoms with van der Waals surface area (Å²) in [5.74, 6) is -0.929. The van der Waals surface area contributed by atoms with Gasteiger partial charge in [-0.15, -0.1) is 0 Å². The highest BCUT2D eigenvalue weighted by Crippen LogP contribution is 2.19. The Morgan fingerprint density at radius 2 is 2.06 bits per heavy atom. The first-order valence-electron chi connectivity index (χ1n) is 5.69. The third-order valence-electron chi connectivity index (χ3n) is 2.66. The maximum absolute atomic E-state index is 11.1. The second-order valence-corrected chi connectivity index (χ2v) is 4.86. The van der Waals surface area contributed by atoms with E-state index in [-0.39, 0.29) is 5.56 Å². The first-order valence-corrected chi connectivity index (χ1v) is 6.49. The van der Waals surface area contributed by atoms with Crippen molar-refractivity contribution in [3.8, 4) is 5.69 Å². The second-order valence-electron chi connectivity index (χ2n) is 3.95. The predicted octanol–water partition coefficient (Wildman–Crippen LogP) is 3.29. The van der Waals surface area contributed by atoms with E-state index in [0.717, 1.165) is 22.3 Å². The summed E-state index contributed by atoms with van der Waals surface area (Å²) in [6.07, 6.45) is 2.98. The van der Waals surface area contributed by atoms with Gasteiger partial charge in [0.05, 0.1) is 17.6 Å². The zero-order chi connectivity index (χ0) is 13.1. The normalized spacial score (nSPS) is 10.6. The molecule has 0 amide bonds. The Hall–Kier alpha value is -1.62. The number of benzene rings is 1. The minimum atomic E-state index is -0.929. The fourth-order valence-corrected chi connectivity index (χ4v) is 2.10. The average molecular weight is 309 g/mol. The van der Waals surface area contributed by atoms with Crippen LogP contribution in [0.5, 0.6) is 0 Å². The molecule has 0 spiro atoms. The Morgan fingerprint density at radius 1 is 1.39 bits per heavy atom. The molecule has 0 aliphatic carbocycles. The van der Waals surface area contributed by atoms with Crippen molar-refractivity contribution in [2.24, 2.45) is 0 Å². The maximum Gasteiger partial charge on any atom is 0.339 e. The van der Waals surface area contributed by atoms with Gasteiger partial charge in [0.1, 0.15) is 5.56 Å². The first kappa shape index (κ1) is 12.8. The lowest BCUT2D eigenvalue weighted by molar-refractivity contribution is 0.0695. The third-order valence-corrected chi connectivity index (χ3v) is 3.19. The highest BCUT2D eigenvalue weighted by Gasteiger charge is 2.16. The van der Waals surface area contributed by atoms with Crippen LogP contribution in [0.2, 0.25) is 0 Å². The number of carboxylic acids is 1. The van der Waals surface area contributed by atoms with Gasteiger partial charge in [0.15, 0.2) is 0 Å². The van der Waals surface area contributed by atoms with Crippen LogP contribution in [0.25, 0.3) is 5.69 Å². The van der Waals surface area contributed by atoms with E-state index in [4.69, 9.17) is 5.11 Å². The molecule has 0 radical (unpaired) electrons. The summed E-state index contributed by atoms with van der Waals surface area (Å²) in [6.45, 7) is 2.02. The highest BCUT2D eigenvalue weighted by molar-refractivity contribution is 9.10. The van der Waals surface area contributed by atoms with E-state index in [1.165, 1.54) is 6.20 Å².